The number of hydrogen-bond donors (Lipinski definition) is 1. The van der Waals surface area contributed by atoms with Gasteiger partial charge in [0.2, 0.25) is 0 Å². The van der Waals surface area contributed by atoms with Crippen LogP contribution in [0.4, 0.5) is 18.9 Å². The van der Waals surface area contributed by atoms with Gasteiger partial charge in [0.15, 0.2) is 6.61 Å². The second kappa shape index (κ2) is 7.35. The molecule has 0 aromatic heterocycles. The Labute approximate surface area is 140 Å². The molecule has 0 aliphatic heterocycles. The molecule has 0 bridgehead atoms. The highest BCUT2D eigenvalue weighted by atomic mass is 35.5. The van der Waals surface area contributed by atoms with Gasteiger partial charge in [0.05, 0.1) is 11.1 Å². The van der Waals surface area contributed by atoms with Crippen LogP contribution in [0.5, 0.6) is 0 Å². The standard InChI is InChI=1S/C16H11ClF3NO3/c17-10-5-7-11(8-6-10)21-14(22)9-24-15(23)12-3-1-2-4-13(12)16(18,19)20/h1-8H,9H2,(H,21,22). The topological polar surface area (TPSA) is 55.4 Å². The number of carbonyl (C=O) groups is 2. The van der Waals surface area contributed by atoms with E-state index in [-0.39, 0.29) is 0 Å². The average molecular weight is 358 g/mol. The van der Waals surface area contributed by atoms with Crippen LogP contribution in [-0.4, -0.2) is 18.5 Å². The van der Waals surface area contributed by atoms with Gasteiger partial charge < -0.3 is 10.1 Å². The van der Waals surface area contributed by atoms with Crippen molar-refractivity contribution in [2.45, 2.75) is 6.18 Å². The van der Waals surface area contributed by atoms with Gasteiger partial charge >= 0.3 is 12.1 Å². The largest absolute Gasteiger partial charge is 0.452 e. The number of rotatable bonds is 4. The van der Waals surface area contributed by atoms with E-state index in [1.54, 1.807) is 12.1 Å². The molecule has 2 aromatic carbocycles. The molecule has 0 unspecified atom stereocenters. The van der Waals surface area contributed by atoms with Gasteiger partial charge in [0.25, 0.3) is 5.91 Å². The predicted octanol–water partition coefficient (Wildman–Crippen LogP) is 4.15. The molecule has 24 heavy (non-hydrogen) atoms. The molecule has 126 valence electrons. The molecule has 0 aliphatic rings. The Kier molecular flexibility index (Phi) is 5.46. The van der Waals surface area contributed by atoms with Gasteiger partial charge in [-0.2, -0.15) is 13.2 Å². The maximum absolute atomic E-state index is 12.8. The van der Waals surface area contributed by atoms with Crippen LogP contribution in [0.2, 0.25) is 5.02 Å². The predicted molar refractivity (Wildman–Crippen MR) is 81.8 cm³/mol. The first-order chi connectivity index (χ1) is 11.3. The molecule has 0 aliphatic carbocycles. The van der Waals surface area contributed by atoms with E-state index in [0.29, 0.717) is 10.7 Å². The van der Waals surface area contributed by atoms with Crippen LogP contribution in [-0.2, 0) is 15.7 Å². The lowest BCUT2D eigenvalue weighted by Gasteiger charge is -2.12. The van der Waals surface area contributed by atoms with Crippen LogP contribution in [0.25, 0.3) is 0 Å². The molecule has 4 nitrogen and oxygen atoms in total. The third kappa shape index (κ3) is 4.73. The fraction of sp³-hybridized carbons (Fsp3) is 0.125. The quantitative estimate of drug-likeness (QED) is 0.836. The maximum atomic E-state index is 12.8. The SMILES string of the molecule is O=C(COC(=O)c1ccccc1C(F)(F)F)Nc1ccc(Cl)cc1. The Morgan fingerprint density at radius 1 is 1.04 bits per heavy atom. The Morgan fingerprint density at radius 2 is 1.67 bits per heavy atom. The molecular weight excluding hydrogens is 347 g/mol. The van der Waals surface area contributed by atoms with E-state index in [1.165, 1.54) is 18.2 Å². The van der Waals surface area contributed by atoms with Crippen molar-refractivity contribution in [2.75, 3.05) is 11.9 Å². The minimum atomic E-state index is -4.69. The van der Waals surface area contributed by atoms with Gasteiger partial charge in [-0.05, 0) is 36.4 Å². The average Bonchev–Trinajstić information content (AvgIpc) is 2.54. The normalized spacial score (nSPS) is 11.0. The smallest absolute Gasteiger partial charge is 0.417 e. The highest BCUT2D eigenvalue weighted by molar-refractivity contribution is 6.30. The lowest BCUT2D eigenvalue weighted by atomic mass is 10.1. The number of alkyl halides is 3. The Morgan fingerprint density at radius 3 is 2.29 bits per heavy atom. The zero-order valence-corrected chi connectivity index (χ0v) is 12.8. The third-order valence-corrected chi connectivity index (χ3v) is 3.17. The van der Waals surface area contributed by atoms with Crippen molar-refractivity contribution in [3.8, 4) is 0 Å². The summed E-state index contributed by atoms with van der Waals surface area (Å²) in [5.74, 6) is -1.91. The van der Waals surface area contributed by atoms with E-state index < -0.39 is 35.8 Å². The first-order valence-electron chi connectivity index (χ1n) is 6.66. The third-order valence-electron chi connectivity index (χ3n) is 2.91. The summed E-state index contributed by atoms with van der Waals surface area (Å²) in [6, 6.07) is 10.3. The van der Waals surface area contributed by atoms with E-state index >= 15 is 0 Å². The molecule has 8 heteroatoms. The number of benzene rings is 2. The Bertz CT molecular complexity index is 745. The first-order valence-corrected chi connectivity index (χ1v) is 7.04. The van der Waals surface area contributed by atoms with Crippen molar-refractivity contribution < 1.29 is 27.5 Å². The van der Waals surface area contributed by atoms with Crippen LogP contribution in [0.3, 0.4) is 0 Å². The number of nitrogens with one attached hydrogen (secondary N) is 1. The summed E-state index contributed by atoms with van der Waals surface area (Å²) in [5, 5.41) is 2.90. The Balaban J connectivity index is 1.98. The molecule has 0 saturated carbocycles. The molecule has 0 heterocycles. The lowest BCUT2D eigenvalue weighted by Crippen LogP contribution is -2.22. The number of carbonyl (C=O) groups excluding carboxylic acids is 2. The van der Waals surface area contributed by atoms with Crippen LogP contribution < -0.4 is 5.32 Å². The van der Waals surface area contributed by atoms with Crippen molar-refractivity contribution in [1.29, 1.82) is 0 Å². The molecule has 1 N–H and O–H groups in total. The summed E-state index contributed by atoms with van der Waals surface area (Å²) >= 11 is 5.70. The zero-order valence-electron chi connectivity index (χ0n) is 12.1. The van der Waals surface area contributed by atoms with Crippen molar-refractivity contribution >= 4 is 29.2 Å². The van der Waals surface area contributed by atoms with Gasteiger partial charge in [0, 0.05) is 10.7 Å². The molecule has 0 fully saturated rings. The van der Waals surface area contributed by atoms with Crippen molar-refractivity contribution in [3.63, 3.8) is 0 Å². The zero-order chi connectivity index (χ0) is 17.7. The number of hydrogen-bond acceptors (Lipinski definition) is 3. The molecule has 2 rings (SSSR count). The van der Waals surface area contributed by atoms with E-state index in [2.05, 4.69) is 10.1 Å². The molecule has 0 radical (unpaired) electrons. The van der Waals surface area contributed by atoms with Crippen molar-refractivity contribution in [3.05, 3.63) is 64.7 Å². The van der Waals surface area contributed by atoms with Crippen LogP contribution in [0.1, 0.15) is 15.9 Å². The summed E-state index contributed by atoms with van der Waals surface area (Å²) in [7, 11) is 0. The van der Waals surface area contributed by atoms with E-state index in [4.69, 9.17) is 11.6 Å². The van der Waals surface area contributed by atoms with Crippen molar-refractivity contribution in [2.24, 2.45) is 0 Å². The molecular formula is C16H11ClF3NO3. The van der Waals surface area contributed by atoms with Gasteiger partial charge in [-0.3, -0.25) is 4.79 Å². The summed E-state index contributed by atoms with van der Waals surface area (Å²) in [4.78, 5) is 23.5. The van der Waals surface area contributed by atoms with Gasteiger partial charge in [-0.25, -0.2) is 4.79 Å². The Hall–Kier alpha value is -2.54. The van der Waals surface area contributed by atoms with Crippen molar-refractivity contribution in [1.82, 2.24) is 0 Å². The summed E-state index contributed by atoms with van der Waals surface area (Å²) < 4.78 is 43.1. The number of ether oxygens (including phenoxy) is 1. The molecule has 1 amide bonds. The second-order valence-electron chi connectivity index (χ2n) is 4.67. The minimum Gasteiger partial charge on any atom is -0.452 e. The fourth-order valence-corrected chi connectivity index (χ4v) is 1.97. The van der Waals surface area contributed by atoms with Crippen LogP contribution in [0.15, 0.2) is 48.5 Å². The first kappa shape index (κ1) is 17.8. The van der Waals surface area contributed by atoms with Crippen LogP contribution >= 0.6 is 11.6 Å². The lowest BCUT2D eigenvalue weighted by molar-refractivity contribution is -0.138. The summed E-state index contributed by atoms with van der Waals surface area (Å²) in [5.41, 5.74) is -1.35. The minimum absolute atomic E-state index is 0.413. The number of halogens is 4. The van der Waals surface area contributed by atoms with E-state index in [0.717, 1.165) is 18.2 Å². The summed E-state index contributed by atoms with van der Waals surface area (Å²) in [6.07, 6.45) is -4.69. The highest BCUT2D eigenvalue weighted by Gasteiger charge is 2.35. The maximum Gasteiger partial charge on any atom is 0.417 e. The van der Waals surface area contributed by atoms with Gasteiger partial charge in [0.1, 0.15) is 0 Å². The van der Waals surface area contributed by atoms with E-state index in [9.17, 15) is 22.8 Å². The molecule has 2 aromatic rings. The number of amides is 1. The second-order valence-corrected chi connectivity index (χ2v) is 5.11. The molecule has 0 spiro atoms. The number of esters is 1. The van der Waals surface area contributed by atoms with Gasteiger partial charge in [-0.1, -0.05) is 23.7 Å². The fourth-order valence-electron chi connectivity index (χ4n) is 1.85. The van der Waals surface area contributed by atoms with Gasteiger partial charge in [-0.15, -0.1) is 0 Å². The molecule has 0 atom stereocenters. The number of anilines is 1. The monoisotopic (exact) mass is 357 g/mol. The summed E-state index contributed by atoms with van der Waals surface area (Å²) in [6.45, 7) is -0.715. The van der Waals surface area contributed by atoms with Crippen LogP contribution in [0, 0.1) is 0 Å². The molecule has 0 saturated heterocycles. The highest BCUT2D eigenvalue weighted by Crippen LogP contribution is 2.32. The van der Waals surface area contributed by atoms with E-state index in [1.807, 2.05) is 0 Å².